The van der Waals surface area contributed by atoms with Crippen LogP contribution in [-0.4, -0.2) is 44.5 Å². The number of anilines is 1. The van der Waals surface area contributed by atoms with Crippen molar-refractivity contribution >= 4 is 29.4 Å². The molecule has 3 aromatic rings. The summed E-state index contributed by atoms with van der Waals surface area (Å²) < 4.78 is 1.72. The van der Waals surface area contributed by atoms with Crippen LogP contribution in [0.4, 0.5) is 10.5 Å². The lowest BCUT2D eigenvalue weighted by molar-refractivity contribution is -0.136. The molecule has 1 saturated heterocycles. The lowest BCUT2D eigenvalue weighted by Crippen LogP contribution is -2.52. The second kappa shape index (κ2) is 9.05. The third-order valence-corrected chi connectivity index (χ3v) is 6.18. The normalized spacial score (nSPS) is 17.2. The highest BCUT2D eigenvalue weighted by Gasteiger charge is 2.39. The van der Waals surface area contributed by atoms with Crippen LogP contribution in [0, 0.1) is 0 Å². The number of aromatic nitrogens is 2. The van der Waals surface area contributed by atoms with Crippen molar-refractivity contribution in [1.82, 2.24) is 25.3 Å². The molecule has 1 atom stereocenters. The maximum absolute atomic E-state index is 13.0. The van der Waals surface area contributed by atoms with Crippen molar-refractivity contribution in [2.75, 3.05) is 5.32 Å². The molecule has 10 nitrogen and oxygen atoms in total. The molecular formula is C25H24N6O4. The van der Waals surface area contributed by atoms with E-state index in [1.807, 2.05) is 49.6 Å². The molecule has 3 heterocycles. The minimum Gasteiger partial charge on any atom is -0.334 e. The van der Waals surface area contributed by atoms with E-state index in [0.29, 0.717) is 24.2 Å². The van der Waals surface area contributed by atoms with E-state index < -0.39 is 11.9 Å². The van der Waals surface area contributed by atoms with E-state index in [4.69, 9.17) is 0 Å². The monoisotopic (exact) mass is 472 g/mol. The number of urea groups is 1. The average Bonchev–Trinajstić information content (AvgIpc) is 3.41. The van der Waals surface area contributed by atoms with E-state index in [9.17, 15) is 19.2 Å². The molecule has 10 heteroatoms. The quantitative estimate of drug-likeness (QED) is 0.491. The summed E-state index contributed by atoms with van der Waals surface area (Å²) in [4.78, 5) is 50.6. The zero-order valence-electron chi connectivity index (χ0n) is 19.1. The van der Waals surface area contributed by atoms with Crippen LogP contribution in [0.25, 0.3) is 11.3 Å². The zero-order chi connectivity index (χ0) is 24.5. The second-order valence-electron chi connectivity index (χ2n) is 8.65. The van der Waals surface area contributed by atoms with E-state index in [0.717, 1.165) is 22.4 Å². The van der Waals surface area contributed by atoms with Gasteiger partial charge < -0.3 is 15.5 Å². The van der Waals surface area contributed by atoms with Crippen LogP contribution in [0.5, 0.6) is 0 Å². The second-order valence-corrected chi connectivity index (χ2v) is 8.65. The number of carbonyl (C=O) groups excluding carboxylic acids is 4. The summed E-state index contributed by atoms with van der Waals surface area (Å²) in [6.45, 7) is 0.548. The Morgan fingerprint density at radius 2 is 2.00 bits per heavy atom. The molecule has 0 radical (unpaired) electrons. The molecule has 5 amide bonds. The molecule has 178 valence electrons. The number of hydrogen-bond acceptors (Lipinski definition) is 5. The minimum absolute atomic E-state index is 0.214. The first-order valence-corrected chi connectivity index (χ1v) is 11.3. The van der Waals surface area contributed by atoms with Crippen LogP contribution < -0.4 is 16.0 Å². The molecule has 1 fully saturated rings. The summed E-state index contributed by atoms with van der Waals surface area (Å²) in [5, 5.41) is 12.3. The molecule has 2 aromatic carbocycles. The molecule has 35 heavy (non-hydrogen) atoms. The van der Waals surface area contributed by atoms with Gasteiger partial charge in [-0.25, -0.2) is 4.79 Å². The standard InChI is InChI=1S/C25H24N6O4/c1-30-10-9-20(29-30)16-3-2-4-18(12-16)27-25(35)26-13-15-5-6-17-14-31(24(34)19(17)11-15)21-7-8-22(32)28-23(21)33/h2-6,9-12,21H,7-8,13-14H2,1H3,(H2,26,27,35)(H,28,32,33). The van der Waals surface area contributed by atoms with Crippen LogP contribution >= 0.6 is 0 Å². The topological polar surface area (TPSA) is 125 Å². The SMILES string of the molecule is Cn1ccc(-c2cccc(NC(=O)NCc3ccc4c(c3)C(=O)N(C3CCC(=O)NC3=O)C4)c2)n1. The lowest BCUT2D eigenvalue weighted by atomic mass is 10.0. The van der Waals surface area contributed by atoms with E-state index in [-0.39, 0.29) is 30.8 Å². The smallest absolute Gasteiger partial charge is 0.319 e. The van der Waals surface area contributed by atoms with Crippen molar-refractivity contribution in [1.29, 1.82) is 0 Å². The predicted molar refractivity (Wildman–Crippen MR) is 127 cm³/mol. The maximum Gasteiger partial charge on any atom is 0.319 e. The Balaban J connectivity index is 1.20. The number of aryl methyl sites for hydroxylation is 1. The van der Waals surface area contributed by atoms with Gasteiger partial charge in [-0.1, -0.05) is 24.3 Å². The minimum atomic E-state index is -0.651. The average molecular weight is 473 g/mol. The first-order chi connectivity index (χ1) is 16.9. The van der Waals surface area contributed by atoms with Crippen molar-refractivity contribution in [3.63, 3.8) is 0 Å². The molecule has 2 aliphatic rings. The van der Waals surface area contributed by atoms with Crippen LogP contribution in [0.2, 0.25) is 0 Å². The third kappa shape index (κ3) is 4.63. The van der Waals surface area contributed by atoms with Gasteiger partial charge in [0.25, 0.3) is 5.91 Å². The first kappa shape index (κ1) is 22.3. The number of piperidine rings is 1. The van der Waals surface area contributed by atoms with E-state index in [1.165, 1.54) is 4.90 Å². The molecule has 3 N–H and O–H groups in total. The van der Waals surface area contributed by atoms with E-state index in [1.54, 1.807) is 16.8 Å². The van der Waals surface area contributed by atoms with Crippen LogP contribution in [-0.2, 0) is 29.7 Å². The predicted octanol–water partition coefficient (Wildman–Crippen LogP) is 2.17. The summed E-state index contributed by atoms with van der Waals surface area (Å²) in [5.41, 5.74) is 4.43. The van der Waals surface area contributed by atoms with Crippen LogP contribution in [0.3, 0.4) is 0 Å². The fourth-order valence-electron chi connectivity index (χ4n) is 4.39. The van der Waals surface area contributed by atoms with Gasteiger partial charge in [0.2, 0.25) is 11.8 Å². The van der Waals surface area contributed by atoms with Gasteiger partial charge in [0, 0.05) is 49.6 Å². The number of amides is 5. The van der Waals surface area contributed by atoms with Gasteiger partial charge >= 0.3 is 6.03 Å². The summed E-state index contributed by atoms with van der Waals surface area (Å²) >= 11 is 0. The number of fused-ring (bicyclic) bond motifs is 1. The van der Waals surface area contributed by atoms with Gasteiger partial charge in [-0.3, -0.25) is 24.4 Å². The maximum atomic E-state index is 13.0. The van der Waals surface area contributed by atoms with Crippen molar-refractivity contribution in [2.24, 2.45) is 7.05 Å². The Bertz CT molecular complexity index is 1350. The summed E-state index contributed by atoms with van der Waals surface area (Å²) in [7, 11) is 1.85. The number of imide groups is 1. The van der Waals surface area contributed by atoms with Crippen molar-refractivity contribution in [3.8, 4) is 11.3 Å². The molecule has 1 unspecified atom stereocenters. The van der Waals surface area contributed by atoms with Crippen molar-refractivity contribution < 1.29 is 19.2 Å². The number of benzene rings is 2. The van der Waals surface area contributed by atoms with E-state index >= 15 is 0 Å². The summed E-state index contributed by atoms with van der Waals surface area (Å²) in [6.07, 6.45) is 2.39. The van der Waals surface area contributed by atoms with Crippen molar-refractivity contribution in [2.45, 2.75) is 32.0 Å². The Morgan fingerprint density at radius 3 is 2.77 bits per heavy atom. The lowest BCUT2D eigenvalue weighted by Gasteiger charge is -2.29. The van der Waals surface area contributed by atoms with Gasteiger partial charge in [-0.15, -0.1) is 0 Å². The number of carbonyl (C=O) groups is 4. The van der Waals surface area contributed by atoms with E-state index in [2.05, 4.69) is 21.0 Å². The van der Waals surface area contributed by atoms with Crippen molar-refractivity contribution in [3.05, 3.63) is 71.4 Å². The fourth-order valence-corrected chi connectivity index (χ4v) is 4.39. The molecule has 1 aromatic heterocycles. The Labute approximate surface area is 201 Å². The number of nitrogens with one attached hydrogen (secondary N) is 3. The molecule has 0 saturated carbocycles. The molecular weight excluding hydrogens is 448 g/mol. The largest absolute Gasteiger partial charge is 0.334 e. The number of hydrogen-bond donors (Lipinski definition) is 3. The van der Waals surface area contributed by atoms with Crippen LogP contribution in [0.1, 0.15) is 34.3 Å². The fraction of sp³-hybridized carbons (Fsp3) is 0.240. The Hall–Kier alpha value is -4.47. The number of nitrogens with zero attached hydrogens (tertiary/aromatic N) is 3. The number of rotatable bonds is 5. The first-order valence-electron chi connectivity index (χ1n) is 11.3. The zero-order valence-corrected chi connectivity index (χ0v) is 19.1. The molecule has 5 rings (SSSR count). The summed E-state index contributed by atoms with van der Waals surface area (Å²) in [6, 6.07) is 13.7. The van der Waals surface area contributed by atoms with Gasteiger partial charge in [0.05, 0.1) is 5.69 Å². The molecule has 0 aliphatic carbocycles. The highest BCUT2D eigenvalue weighted by atomic mass is 16.2. The Morgan fingerprint density at radius 1 is 1.14 bits per heavy atom. The van der Waals surface area contributed by atoms with Gasteiger partial charge in [-0.2, -0.15) is 5.10 Å². The van der Waals surface area contributed by atoms with Gasteiger partial charge in [-0.05, 0) is 41.8 Å². The Kier molecular flexibility index (Phi) is 5.77. The highest BCUT2D eigenvalue weighted by Crippen LogP contribution is 2.28. The highest BCUT2D eigenvalue weighted by molar-refractivity contribution is 6.05. The third-order valence-electron chi connectivity index (χ3n) is 6.18. The molecule has 0 bridgehead atoms. The van der Waals surface area contributed by atoms with Crippen LogP contribution in [0.15, 0.2) is 54.7 Å². The summed E-state index contributed by atoms with van der Waals surface area (Å²) in [5.74, 6) is -0.995. The molecule has 2 aliphatic heterocycles. The molecule has 0 spiro atoms. The van der Waals surface area contributed by atoms with Gasteiger partial charge in [0.15, 0.2) is 0 Å². The van der Waals surface area contributed by atoms with Gasteiger partial charge in [0.1, 0.15) is 6.04 Å².